The number of aromatic nitrogens is 2. The van der Waals surface area contributed by atoms with Crippen LogP contribution in [0.1, 0.15) is 17.0 Å². The molecule has 3 rings (SSSR count). The lowest BCUT2D eigenvalue weighted by Gasteiger charge is -2.11. The number of halogens is 2. The lowest BCUT2D eigenvalue weighted by molar-refractivity contribution is -0.122. The summed E-state index contributed by atoms with van der Waals surface area (Å²) in [5.41, 5.74) is 7.90. The molecule has 8 heteroatoms. The van der Waals surface area contributed by atoms with Gasteiger partial charge in [0.2, 0.25) is 5.91 Å². The van der Waals surface area contributed by atoms with E-state index in [1.807, 2.05) is 4.57 Å². The van der Waals surface area contributed by atoms with Gasteiger partial charge in [-0.3, -0.25) is 4.79 Å². The number of carbonyl (C=O) groups is 1. The first-order chi connectivity index (χ1) is 12.5. The summed E-state index contributed by atoms with van der Waals surface area (Å²) < 4.78 is 7.20. The van der Waals surface area contributed by atoms with Gasteiger partial charge in [0.25, 0.3) is 0 Å². The van der Waals surface area contributed by atoms with E-state index in [9.17, 15) is 10.1 Å². The third kappa shape index (κ3) is 3.97. The average Bonchev–Trinajstić information content (AvgIpc) is 2.94. The van der Waals surface area contributed by atoms with Gasteiger partial charge in [-0.05, 0) is 42.0 Å². The molecule has 0 aliphatic heterocycles. The Balaban J connectivity index is 2.05. The summed E-state index contributed by atoms with van der Waals surface area (Å²) in [5.74, 6) is 0.0321. The summed E-state index contributed by atoms with van der Waals surface area (Å²) in [6, 6.07) is 12.5. The molecule has 1 aromatic heterocycles. The summed E-state index contributed by atoms with van der Waals surface area (Å²) in [5, 5.41) is 10.3. The minimum atomic E-state index is -0.558. The standard InChI is InChI=1S/C18H14Cl2N4O2/c19-13-2-3-14(20)12(6-13)8-24-16-5-11(7-21)1-4-15(16)23-18(24)10-26-9-17(22)25/h1-6H,8-10H2,(H2,22,25). The van der Waals surface area contributed by atoms with E-state index in [1.54, 1.807) is 36.4 Å². The summed E-state index contributed by atoms with van der Waals surface area (Å²) in [7, 11) is 0. The summed E-state index contributed by atoms with van der Waals surface area (Å²) >= 11 is 12.4. The smallest absolute Gasteiger partial charge is 0.243 e. The number of carbonyl (C=O) groups excluding carboxylic acids is 1. The minimum absolute atomic E-state index is 0.0949. The molecule has 0 aliphatic carbocycles. The van der Waals surface area contributed by atoms with Gasteiger partial charge in [-0.2, -0.15) is 5.26 Å². The lowest BCUT2D eigenvalue weighted by atomic mass is 10.2. The fourth-order valence-corrected chi connectivity index (χ4v) is 2.98. The maximum atomic E-state index is 10.9. The highest BCUT2D eigenvalue weighted by molar-refractivity contribution is 6.33. The van der Waals surface area contributed by atoms with E-state index in [1.165, 1.54) is 0 Å². The Morgan fingerprint density at radius 1 is 1.27 bits per heavy atom. The van der Waals surface area contributed by atoms with Crippen molar-refractivity contribution in [3.8, 4) is 6.07 Å². The van der Waals surface area contributed by atoms with Crippen LogP contribution in [0.25, 0.3) is 11.0 Å². The molecule has 0 atom stereocenters. The third-order valence-corrected chi connectivity index (χ3v) is 4.37. The minimum Gasteiger partial charge on any atom is -0.368 e. The fraction of sp³-hybridized carbons (Fsp3) is 0.167. The van der Waals surface area contributed by atoms with Crippen molar-refractivity contribution in [2.75, 3.05) is 6.61 Å². The van der Waals surface area contributed by atoms with Crippen LogP contribution in [0, 0.1) is 11.3 Å². The van der Waals surface area contributed by atoms with Crippen LogP contribution in [-0.2, 0) is 22.7 Å². The second-order valence-corrected chi connectivity index (χ2v) is 6.47. The predicted molar refractivity (Wildman–Crippen MR) is 98.9 cm³/mol. The Kier molecular flexibility index (Phi) is 5.43. The number of imidazole rings is 1. The second-order valence-electron chi connectivity index (χ2n) is 5.62. The third-order valence-electron chi connectivity index (χ3n) is 3.77. The molecule has 26 heavy (non-hydrogen) atoms. The summed E-state index contributed by atoms with van der Waals surface area (Å²) in [6.45, 7) is 0.280. The number of nitrogens with two attached hydrogens (primary N) is 1. The Morgan fingerprint density at radius 2 is 2.08 bits per heavy atom. The Hall–Kier alpha value is -2.59. The van der Waals surface area contributed by atoms with Crippen LogP contribution in [0.5, 0.6) is 0 Å². The first-order valence-corrected chi connectivity index (χ1v) is 8.43. The number of hydrogen-bond acceptors (Lipinski definition) is 4. The Bertz CT molecular complexity index is 1020. The van der Waals surface area contributed by atoms with Gasteiger partial charge in [0, 0.05) is 10.0 Å². The highest BCUT2D eigenvalue weighted by Gasteiger charge is 2.14. The zero-order chi connectivity index (χ0) is 18.7. The lowest BCUT2D eigenvalue weighted by Crippen LogP contribution is -2.18. The Morgan fingerprint density at radius 3 is 2.81 bits per heavy atom. The van der Waals surface area contributed by atoms with Gasteiger partial charge in [-0.25, -0.2) is 4.98 Å². The molecule has 1 amide bonds. The second kappa shape index (κ2) is 7.75. The van der Waals surface area contributed by atoms with E-state index in [0.29, 0.717) is 33.5 Å². The molecule has 0 bridgehead atoms. The van der Waals surface area contributed by atoms with Crippen molar-refractivity contribution in [2.45, 2.75) is 13.2 Å². The topological polar surface area (TPSA) is 93.9 Å². The van der Waals surface area contributed by atoms with Crippen molar-refractivity contribution in [2.24, 2.45) is 5.73 Å². The van der Waals surface area contributed by atoms with Gasteiger partial charge in [0.15, 0.2) is 0 Å². The number of rotatable bonds is 6. The van der Waals surface area contributed by atoms with Crippen LogP contribution < -0.4 is 5.73 Å². The van der Waals surface area contributed by atoms with Gasteiger partial charge in [0.05, 0.1) is 29.2 Å². The highest BCUT2D eigenvalue weighted by Crippen LogP contribution is 2.25. The molecule has 2 N–H and O–H groups in total. The van der Waals surface area contributed by atoms with E-state index in [0.717, 1.165) is 11.1 Å². The quantitative estimate of drug-likeness (QED) is 0.700. The van der Waals surface area contributed by atoms with Crippen molar-refractivity contribution in [3.63, 3.8) is 0 Å². The van der Waals surface area contributed by atoms with Crippen LogP contribution >= 0.6 is 23.2 Å². The largest absolute Gasteiger partial charge is 0.368 e. The average molecular weight is 389 g/mol. The maximum Gasteiger partial charge on any atom is 0.243 e. The molecule has 0 saturated carbocycles. The van der Waals surface area contributed by atoms with E-state index < -0.39 is 5.91 Å². The van der Waals surface area contributed by atoms with Crippen molar-refractivity contribution in [1.82, 2.24) is 9.55 Å². The van der Waals surface area contributed by atoms with Gasteiger partial charge >= 0.3 is 0 Å². The zero-order valence-electron chi connectivity index (χ0n) is 13.6. The van der Waals surface area contributed by atoms with Gasteiger partial charge in [-0.1, -0.05) is 23.2 Å². The number of benzene rings is 2. The molecular formula is C18H14Cl2N4O2. The molecule has 0 radical (unpaired) electrons. The van der Waals surface area contributed by atoms with Gasteiger partial charge < -0.3 is 15.0 Å². The normalized spacial score (nSPS) is 10.8. The molecule has 6 nitrogen and oxygen atoms in total. The monoisotopic (exact) mass is 388 g/mol. The van der Waals surface area contributed by atoms with Gasteiger partial charge in [0.1, 0.15) is 19.0 Å². The number of primary amides is 1. The highest BCUT2D eigenvalue weighted by atomic mass is 35.5. The Labute approximate surface area is 159 Å². The molecule has 0 fully saturated rings. The number of hydrogen-bond donors (Lipinski definition) is 1. The number of nitriles is 1. The molecular weight excluding hydrogens is 375 g/mol. The van der Waals surface area contributed by atoms with E-state index in [2.05, 4.69) is 11.1 Å². The van der Waals surface area contributed by atoms with Crippen LogP contribution in [0.3, 0.4) is 0 Å². The first-order valence-electron chi connectivity index (χ1n) is 7.67. The predicted octanol–water partition coefficient (Wildman–Crippen LogP) is 3.26. The fourth-order valence-electron chi connectivity index (χ4n) is 2.61. The van der Waals surface area contributed by atoms with Crippen molar-refractivity contribution in [3.05, 3.63) is 63.4 Å². The number of amides is 1. The van der Waals surface area contributed by atoms with Crippen LogP contribution in [0.4, 0.5) is 0 Å². The molecule has 0 spiro atoms. The molecule has 132 valence electrons. The van der Waals surface area contributed by atoms with Crippen LogP contribution in [0.15, 0.2) is 36.4 Å². The number of nitrogens with zero attached hydrogens (tertiary/aromatic N) is 3. The van der Waals surface area contributed by atoms with E-state index >= 15 is 0 Å². The van der Waals surface area contributed by atoms with E-state index in [4.69, 9.17) is 33.7 Å². The number of fused-ring (bicyclic) bond motifs is 1. The SMILES string of the molecule is N#Cc1ccc2nc(COCC(N)=O)n(Cc3cc(Cl)ccc3Cl)c2c1. The molecule has 0 saturated heterocycles. The maximum absolute atomic E-state index is 10.9. The van der Waals surface area contributed by atoms with Crippen molar-refractivity contribution >= 4 is 40.1 Å². The van der Waals surface area contributed by atoms with E-state index in [-0.39, 0.29) is 13.2 Å². The van der Waals surface area contributed by atoms with Crippen molar-refractivity contribution in [1.29, 1.82) is 5.26 Å². The molecule has 3 aromatic rings. The first kappa shape index (κ1) is 18.2. The molecule has 2 aromatic carbocycles. The zero-order valence-corrected chi connectivity index (χ0v) is 15.1. The van der Waals surface area contributed by atoms with Gasteiger partial charge in [-0.15, -0.1) is 0 Å². The molecule has 0 aliphatic rings. The summed E-state index contributed by atoms with van der Waals surface area (Å²) in [6.07, 6.45) is 0. The van der Waals surface area contributed by atoms with Crippen LogP contribution in [-0.4, -0.2) is 22.1 Å². The molecule has 1 heterocycles. The molecule has 0 unspecified atom stereocenters. The van der Waals surface area contributed by atoms with Crippen molar-refractivity contribution < 1.29 is 9.53 Å². The summed E-state index contributed by atoms with van der Waals surface area (Å²) in [4.78, 5) is 15.4. The van der Waals surface area contributed by atoms with Crippen LogP contribution in [0.2, 0.25) is 10.0 Å². The number of ether oxygens (including phenoxy) is 1.